The Kier molecular flexibility index (Phi) is 4.49. The summed E-state index contributed by atoms with van der Waals surface area (Å²) in [4.78, 5) is 9.95. The first kappa shape index (κ1) is 16.2. The fourth-order valence-electron chi connectivity index (χ4n) is 3.34. The van der Waals surface area contributed by atoms with Gasteiger partial charge in [-0.25, -0.2) is 0 Å². The largest absolute Gasteiger partial charge is 0.494 e. The van der Waals surface area contributed by atoms with Crippen molar-refractivity contribution in [2.75, 3.05) is 18.0 Å². The number of hydrogen-bond acceptors (Lipinski definition) is 3. The van der Waals surface area contributed by atoms with Crippen LogP contribution in [0.1, 0.15) is 24.8 Å². The summed E-state index contributed by atoms with van der Waals surface area (Å²) in [6.07, 6.45) is 5.60. The number of H-pyrrole nitrogens is 1. The first-order valence-corrected chi connectivity index (χ1v) is 9.39. The summed E-state index contributed by atoms with van der Waals surface area (Å²) in [6.45, 7) is 2.28. The molecule has 25 heavy (non-hydrogen) atoms. The zero-order valence-corrected chi connectivity index (χ0v) is 15.5. The van der Waals surface area contributed by atoms with Crippen molar-refractivity contribution >= 4 is 44.4 Å². The molecule has 4 rings (SSSR count). The minimum Gasteiger partial charge on any atom is -0.494 e. The molecule has 5 heteroatoms. The Labute approximate surface area is 155 Å². The third-order valence-corrected chi connectivity index (χ3v) is 5.19. The highest BCUT2D eigenvalue weighted by molar-refractivity contribution is 9.10. The lowest BCUT2D eigenvalue weighted by molar-refractivity contribution is 0.457. The van der Waals surface area contributed by atoms with Gasteiger partial charge in [-0.2, -0.15) is 0 Å². The van der Waals surface area contributed by atoms with Crippen molar-refractivity contribution in [2.24, 2.45) is 4.99 Å². The second kappa shape index (κ2) is 6.92. The van der Waals surface area contributed by atoms with Gasteiger partial charge in [0.15, 0.2) is 5.88 Å². The van der Waals surface area contributed by atoms with Gasteiger partial charge in [-0.1, -0.05) is 15.9 Å². The van der Waals surface area contributed by atoms with Gasteiger partial charge in [0.05, 0.1) is 11.3 Å². The van der Waals surface area contributed by atoms with E-state index in [-0.39, 0.29) is 5.88 Å². The summed E-state index contributed by atoms with van der Waals surface area (Å²) >= 11 is 3.47. The van der Waals surface area contributed by atoms with E-state index < -0.39 is 0 Å². The normalized spacial score (nSPS) is 15.3. The van der Waals surface area contributed by atoms with Crippen LogP contribution in [0.15, 0.2) is 51.9 Å². The molecule has 2 heterocycles. The average molecular weight is 398 g/mol. The molecule has 0 radical (unpaired) electrons. The molecule has 1 fully saturated rings. The molecular weight excluding hydrogens is 378 g/mol. The molecular formula is C20H20BrN3O. The Bertz CT molecular complexity index is 909. The molecule has 0 aliphatic carbocycles. The zero-order chi connectivity index (χ0) is 17.2. The lowest BCUT2D eigenvalue weighted by Gasteiger charge is -2.28. The Morgan fingerprint density at radius 1 is 1.04 bits per heavy atom. The number of nitrogens with one attached hydrogen (secondary N) is 1. The average Bonchev–Trinajstić information content (AvgIpc) is 2.96. The molecule has 0 unspecified atom stereocenters. The van der Waals surface area contributed by atoms with Crippen LogP contribution in [-0.2, 0) is 0 Å². The van der Waals surface area contributed by atoms with E-state index in [1.54, 1.807) is 6.21 Å². The molecule has 3 aromatic rings. The van der Waals surface area contributed by atoms with Gasteiger partial charge < -0.3 is 15.0 Å². The number of fused-ring (bicyclic) bond motifs is 1. The highest BCUT2D eigenvalue weighted by Gasteiger charge is 2.11. The molecule has 4 nitrogen and oxygen atoms in total. The molecule has 2 aromatic carbocycles. The highest BCUT2D eigenvalue weighted by atomic mass is 79.9. The van der Waals surface area contributed by atoms with E-state index in [0.29, 0.717) is 5.56 Å². The summed E-state index contributed by atoms with van der Waals surface area (Å²) in [5, 5.41) is 11.1. The number of hydrogen-bond donors (Lipinski definition) is 2. The van der Waals surface area contributed by atoms with Gasteiger partial charge in [0.25, 0.3) is 0 Å². The fourth-order valence-corrected chi connectivity index (χ4v) is 3.70. The van der Waals surface area contributed by atoms with Crippen LogP contribution in [0.4, 0.5) is 11.4 Å². The second-order valence-corrected chi connectivity index (χ2v) is 7.32. The van der Waals surface area contributed by atoms with Crippen molar-refractivity contribution in [3.63, 3.8) is 0 Å². The molecule has 0 amide bonds. The van der Waals surface area contributed by atoms with Gasteiger partial charge in [-0.05, 0) is 61.7 Å². The summed E-state index contributed by atoms with van der Waals surface area (Å²) in [7, 11) is 0. The number of aromatic hydroxyl groups is 1. The number of rotatable bonds is 3. The van der Waals surface area contributed by atoms with Gasteiger partial charge >= 0.3 is 0 Å². The highest BCUT2D eigenvalue weighted by Crippen LogP contribution is 2.29. The van der Waals surface area contributed by atoms with Crippen LogP contribution < -0.4 is 4.90 Å². The van der Waals surface area contributed by atoms with Crippen LogP contribution >= 0.6 is 15.9 Å². The van der Waals surface area contributed by atoms with E-state index in [4.69, 9.17) is 0 Å². The number of halogens is 1. The number of aromatic nitrogens is 1. The van der Waals surface area contributed by atoms with Crippen LogP contribution in [-0.4, -0.2) is 29.4 Å². The molecule has 1 saturated heterocycles. The summed E-state index contributed by atoms with van der Waals surface area (Å²) in [5.41, 5.74) is 3.74. The smallest absolute Gasteiger partial charge is 0.198 e. The molecule has 0 saturated carbocycles. The minimum atomic E-state index is 0.141. The van der Waals surface area contributed by atoms with Crippen LogP contribution in [0.2, 0.25) is 0 Å². The van der Waals surface area contributed by atoms with Crippen LogP contribution in [0.25, 0.3) is 10.9 Å². The van der Waals surface area contributed by atoms with Crippen molar-refractivity contribution < 1.29 is 5.11 Å². The van der Waals surface area contributed by atoms with Crippen molar-refractivity contribution in [2.45, 2.75) is 19.3 Å². The first-order chi connectivity index (χ1) is 12.2. The van der Waals surface area contributed by atoms with E-state index in [1.807, 2.05) is 30.3 Å². The predicted octanol–water partition coefficient (Wildman–Crippen LogP) is 5.38. The molecule has 0 atom stereocenters. The molecule has 0 spiro atoms. The number of anilines is 1. The monoisotopic (exact) mass is 397 g/mol. The van der Waals surface area contributed by atoms with Gasteiger partial charge in [0.1, 0.15) is 0 Å². The van der Waals surface area contributed by atoms with E-state index in [1.165, 1.54) is 24.9 Å². The standard InChI is InChI=1S/C20H20BrN3O/c21-14-4-9-19-17(12-14)18(20(25)23-19)13-22-15-5-7-16(8-6-15)24-10-2-1-3-11-24/h4-9,12-13,23,25H,1-3,10-11H2. The fraction of sp³-hybridized carbons (Fsp3) is 0.250. The number of aliphatic imine (C=N–C) groups is 1. The minimum absolute atomic E-state index is 0.141. The quantitative estimate of drug-likeness (QED) is 0.583. The molecule has 1 aromatic heterocycles. The lowest BCUT2D eigenvalue weighted by atomic mass is 10.1. The number of benzene rings is 2. The summed E-state index contributed by atoms with van der Waals surface area (Å²) in [5.74, 6) is 0.141. The Morgan fingerprint density at radius 2 is 1.80 bits per heavy atom. The molecule has 128 valence electrons. The third kappa shape index (κ3) is 3.42. The Balaban J connectivity index is 1.57. The number of piperidine rings is 1. The summed E-state index contributed by atoms with van der Waals surface area (Å²) in [6, 6.07) is 14.2. The number of nitrogens with zero attached hydrogens (tertiary/aromatic N) is 2. The van der Waals surface area contributed by atoms with E-state index in [2.05, 4.69) is 42.9 Å². The lowest BCUT2D eigenvalue weighted by Crippen LogP contribution is -2.29. The van der Waals surface area contributed by atoms with Crippen molar-refractivity contribution in [3.8, 4) is 5.88 Å². The third-order valence-electron chi connectivity index (χ3n) is 4.69. The maximum absolute atomic E-state index is 10.1. The van der Waals surface area contributed by atoms with E-state index in [0.717, 1.165) is 34.2 Å². The number of aromatic amines is 1. The van der Waals surface area contributed by atoms with Crippen molar-refractivity contribution in [1.29, 1.82) is 0 Å². The Morgan fingerprint density at radius 3 is 2.56 bits per heavy atom. The predicted molar refractivity (Wildman–Crippen MR) is 107 cm³/mol. The molecule has 2 N–H and O–H groups in total. The zero-order valence-electron chi connectivity index (χ0n) is 13.9. The van der Waals surface area contributed by atoms with Crippen molar-refractivity contribution in [1.82, 2.24) is 4.98 Å². The van der Waals surface area contributed by atoms with Gasteiger partial charge in [-0.15, -0.1) is 0 Å². The first-order valence-electron chi connectivity index (χ1n) is 8.60. The molecule has 0 bridgehead atoms. The van der Waals surface area contributed by atoms with Crippen LogP contribution in [0.5, 0.6) is 5.88 Å². The maximum Gasteiger partial charge on any atom is 0.198 e. The molecule has 1 aliphatic rings. The van der Waals surface area contributed by atoms with Gasteiger partial charge in [0, 0.05) is 40.4 Å². The SMILES string of the molecule is Oc1[nH]c2ccc(Br)cc2c1C=Nc1ccc(N2CCCCC2)cc1. The van der Waals surface area contributed by atoms with E-state index in [9.17, 15) is 5.11 Å². The Hall–Kier alpha value is -2.27. The van der Waals surface area contributed by atoms with E-state index >= 15 is 0 Å². The second-order valence-electron chi connectivity index (χ2n) is 6.40. The molecule has 1 aliphatic heterocycles. The van der Waals surface area contributed by atoms with Crippen LogP contribution in [0, 0.1) is 0 Å². The van der Waals surface area contributed by atoms with Gasteiger partial charge in [0.2, 0.25) is 0 Å². The topological polar surface area (TPSA) is 51.6 Å². The van der Waals surface area contributed by atoms with Crippen molar-refractivity contribution in [3.05, 3.63) is 52.5 Å². The van der Waals surface area contributed by atoms with Gasteiger partial charge in [-0.3, -0.25) is 4.99 Å². The summed E-state index contributed by atoms with van der Waals surface area (Å²) < 4.78 is 0.972. The maximum atomic E-state index is 10.1. The van der Waals surface area contributed by atoms with Crippen LogP contribution in [0.3, 0.4) is 0 Å².